The zero-order valence-corrected chi connectivity index (χ0v) is 16.9. The van der Waals surface area contributed by atoms with Crippen molar-refractivity contribution in [3.05, 3.63) is 30.3 Å². The minimum absolute atomic E-state index is 0.0204. The van der Waals surface area contributed by atoms with Gasteiger partial charge in [-0.3, -0.25) is 4.99 Å². The molecule has 0 aliphatic heterocycles. The van der Waals surface area contributed by atoms with Crippen LogP contribution in [-0.2, 0) is 4.79 Å². The monoisotopic (exact) mass is 389 g/mol. The van der Waals surface area contributed by atoms with Crippen molar-refractivity contribution in [3.8, 4) is 0 Å². The number of para-hydroxylation sites is 1. The van der Waals surface area contributed by atoms with Gasteiger partial charge < -0.3 is 20.1 Å². The number of Topliss-reactive ketones (excluding diaryl/α,β-unsaturated/α-hetero) is 1. The average molecular weight is 390 g/mol. The lowest BCUT2D eigenvalue weighted by Gasteiger charge is -2.24. The normalized spacial score (nSPS) is 26.0. The highest BCUT2D eigenvalue weighted by molar-refractivity contribution is 5.75. The van der Waals surface area contributed by atoms with Gasteiger partial charge in [-0.25, -0.2) is 0 Å². The second-order valence-electron chi connectivity index (χ2n) is 8.11. The average Bonchev–Trinajstić information content (AvgIpc) is 2.94. The highest BCUT2D eigenvalue weighted by Gasteiger charge is 2.40. The Kier molecular flexibility index (Phi) is 9.82. The number of hydrogen-bond acceptors (Lipinski definition) is 5. The Labute approximate surface area is 168 Å². The summed E-state index contributed by atoms with van der Waals surface area (Å²) in [5, 5.41) is 30.9. The quantitative estimate of drug-likeness (QED) is 0.374. The van der Waals surface area contributed by atoms with Gasteiger partial charge in [-0.05, 0) is 63.0 Å². The molecule has 28 heavy (non-hydrogen) atoms. The molecule has 0 spiro atoms. The number of nitrogens with zero attached hydrogens (tertiary/aromatic N) is 1. The zero-order valence-electron chi connectivity index (χ0n) is 16.9. The third-order valence-electron chi connectivity index (χ3n) is 5.79. The molecule has 2 rings (SSSR count). The van der Waals surface area contributed by atoms with Gasteiger partial charge in [0.25, 0.3) is 0 Å². The summed E-state index contributed by atoms with van der Waals surface area (Å²) in [6.45, 7) is 1.62. The lowest BCUT2D eigenvalue weighted by atomic mass is 9.85. The molecular weight excluding hydrogens is 354 g/mol. The molecular formula is C23H35NO4. The van der Waals surface area contributed by atoms with Crippen molar-refractivity contribution in [2.24, 2.45) is 16.8 Å². The second kappa shape index (κ2) is 12.1. The van der Waals surface area contributed by atoms with Crippen molar-refractivity contribution < 1.29 is 20.1 Å². The van der Waals surface area contributed by atoms with Gasteiger partial charge in [-0.1, -0.05) is 37.5 Å². The van der Waals surface area contributed by atoms with Crippen molar-refractivity contribution in [3.63, 3.8) is 0 Å². The van der Waals surface area contributed by atoms with Gasteiger partial charge in [0.05, 0.1) is 24.0 Å². The number of aliphatic imine (C=N–C) groups is 1. The standard InChI is InChI=1S/C23H35NO4/c1-17(25)9-5-2-3-8-12-20-21(23(28)15-22(20)27)14-13-19(26)16-24-18-10-6-4-7-11-18/h4,6-7,10-11,16,19-23,26-28H,2-3,5,8-9,12-15H2,1H3/b24-16+/t19?,20-,21-,22+,23-/m1/s1. The smallest absolute Gasteiger partial charge is 0.129 e. The van der Waals surface area contributed by atoms with Crippen LogP contribution in [0, 0.1) is 11.8 Å². The van der Waals surface area contributed by atoms with Crippen LogP contribution in [-0.4, -0.2) is 45.6 Å². The fourth-order valence-corrected chi connectivity index (χ4v) is 4.21. The molecule has 1 aromatic carbocycles. The molecule has 1 aliphatic carbocycles. The molecule has 1 unspecified atom stereocenters. The van der Waals surface area contributed by atoms with Crippen LogP contribution in [0.4, 0.5) is 5.69 Å². The molecule has 1 aliphatic rings. The Morgan fingerprint density at radius 1 is 1.07 bits per heavy atom. The minimum atomic E-state index is -0.655. The molecule has 0 saturated heterocycles. The van der Waals surface area contributed by atoms with E-state index in [1.807, 2.05) is 30.3 Å². The van der Waals surface area contributed by atoms with Crippen molar-refractivity contribution >= 4 is 17.7 Å². The highest BCUT2D eigenvalue weighted by Crippen LogP contribution is 2.39. The first-order chi connectivity index (χ1) is 13.5. The van der Waals surface area contributed by atoms with Crippen LogP contribution in [0.2, 0.25) is 0 Å². The van der Waals surface area contributed by atoms with E-state index < -0.39 is 18.3 Å². The third kappa shape index (κ3) is 7.82. The van der Waals surface area contributed by atoms with E-state index in [1.165, 1.54) is 0 Å². The summed E-state index contributed by atoms with van der Waals surface area (Å²) in [6, 6.07) is 9.49. The van der Waals surface area contributed by atoms with Crippen molar-refractivity contribution in [1.82, 2.24) is 0 Å². The first-order valence-electron chi connectivity index (χ1n) is 10.6. The fraction of sp³-hybridized carbons (Fsp3) is 0.652. The van der Waals surface area contributed by atoms with Crippen LogP contribution in [0.25, 0.3) is 0 Å². The van der Waals surface area contributed by atoms with E-state index in [2.05, 4.69) is 4.99 Å². The topological polar surface area (TPSA) is 90.1 Å². The van der Waals surface area contributed by atoms with Crippen LogP contribution in [0.15, 0.2) is 35.3 Å². The maximum atomic E-state index is 11.0. The number of rotatable bonds is 12. The number of carbonyl (C=O) groups excluding carboxylic acids is 1. The van der Waals surface area contributed by atoms with Gasteiger partial charge in [-0.2, -0.15) is 0 Å². The van der Waals surface area contributed by atoms with Crippen molar-refractivity contribution in [1.29, 1.82) is 0 Å². The molecule has 1 saturated carbocycles. The molecule has 0 amide bonds. The molecule has 3 N–H and O–H groups in total. The van der Waals surface area contributed by atoms with E-state index in [9.17, 15) is 20.1 Å². The summed E-state index contributed by atoms with van der Waals surface area (Å²) in [4.78, 5) is 15.3. The first-order valence-corrected chi connectivity index (χ1v) is 10.6. The number of aliphatic hydroxyl groups is 3. The molecule has 0 bridgehead atoms. The fourth-order valence-electron chi connectivity index (χ4n) is 4.21. The molecule has 0 radical (unpaired) electrons. The number of ketones is 1. The third-order valence-corrected chi connectivity index (χ3v) is 5.79. The number of carbonyl (C=O) groups is 1. The van der Waals surface area contributed by atoms with E-state index in [4.69, 9.17) is 0 Å². The van der Waals surface area contributed by atoms with E-state index in [-0.39, 0.29) is 17.6 Å². The van der Waals surface area contributed by atoms with E-state index >= 15 is 0 Å². The summed E-state index contributed by atoms with van der Waals surface area (Å²) < 4.78 is 0. The zero-order chi connectivity index (χ0) is 20.4. The van der Waals surface area contributed by atoms with Crippen LogP contribution < -0.4 is 0 Å². The maximum absolute atomic E-state index is 11.0. The number of aliphatic hydroxyl groups excluding tert-OH is 3. The molecule has 156 valence electrons. The Bertz CT molecular complexity index is 604. The van der Waals surface area contributed by atoms with E-state index in [0.717, 1.165) is 37.8 Å². The van der Waals surface area contributed by atoms with Gasteiger partial charge in [0, 0.05) is 12.6 Å². The predicted octanol–water partition coefficient (Wildman–Crippen LogP) is 3.82. The summed E-state index contributed by atoms with van der Waals surface area (Å²) in [5.74, 6) is 0.344. The Morgan fingerprint density at radius 3 is 2.39 bits per heavy atom. The van der Waals surface area contributed by atoms with E-state index in [1.54, 1.807) is 13.1 Å². The SMILES string of the molecule is CC(=O)CCCCCC[C@@H]1[C@@H](CCC(O)/C=N/c2ccccc2)[C@H](O)C[C@@H]1O. The van der Waals surface area contributed by atoms with E-state index in [0.29, 0.717) is 25.7 Å². The molecule has 1 fully saturated rings. The van der Waals surface area contributed by atoms with Gasteiger partial charge in [-0.15, -0.1) is 0 Å². The highest BCUT2D eigenvalue weighted by atomic mass is 16.3. The number of unbranched alkanes of at least 4 members (excludes halogenated alkanes) is 3. The maximum Gasteiger partial charge on any atom is 0.129 e. The van der Waals surface area contributed by atoms with Crippen LogP contribution in [0.5, 0.6) is 0 Å². The first kappa shape index (κ1) is 22.7. The summed E-state index contributed by atoms with van der Waals surface area (Å²) in [7, 11) is 0. The largest absolute Gasteiger partial charge is 0.393 e. The Hall–Kier alpha value is -1.56. The minimum Gasteiger partial charge on any atom is -0.393 e. The van der Waals surface area contributed by atoms with Crippen LogP contribution >= 0.6 is 0 Å². The molecule has 0 heterocycles. The van der Waals surface area contributed by atoms with Gasteiger partial charge in [0.2, 0.25) is 0 Å². The Morgan fingerprint density at radius 2 is 1.71 bits per heavy atom. The Balaban J connectivity index is 1.74. The number of benzene rings is 1. The molecule has 0 aromatic heterocycles. The van der Waals surface area contributed by atoms with Crippen molar-refractivity contribution in [2.45, 2.75) is 83.0 Å². The molecule has 1 aromatic rings. The predicted molar refractivity (Wildman–Crippen MR) is 112 cm³/mol. The number of hydrogen-bond donors (Lipinski definition) is 3. The second-order valence-corrected chi connectivity index (χ2v) is 8.11. The summed E-state index contributed by atoms with van der Waals surface area (Å²) >= 11 is 0. The summed E-state index contributed by atoms with van der Waals surface area (Å²) in [6.07, 6.45) is 7.10. The molecule has 5 nitrogen and oxygen atoms in total. The van der Waals surface area contributed by atoms with Gasteiger partial charge in [0.1, 0.15) is 5.78 Å². The van der Waals surface area contributed by atoms with Crippen molar-refractivity contribution in [2.75, 3.05) is 0 Å². The molecule has 5 atom stereocenters. The molecule has 5 heteroatoms. The lowest BCUT2D eigenvalue weighted by Crippen LogP contribution is -2.24. The lowest BCUT2D eigenvalue weighted by molar-refractivity contribution is -0.117. The van der Waals surface area contributed by atoms with Gasteiger partial charge in [0.15, 0.2) is 0 Å². The summed E-state index contributed by atoms with van der Waals surface area (Å²) in [5.41, 5.74) is 0.806. The van der Waals surface area contributed by atoms with Crippen LogP contribution in [0.1, 0.15) is 64.7 Å². The van der Waals surface area contributed by atoms with Crippen LogP contribution in [0.3, 0.4) is 0 Å². The van der Waals surface area contributed by atoms with Gasteiger partial charge >= 0.3 is 0 Å².